The van der Waals surface area contributed by atoms with E-state index < -0.39 is 9.15 Å². The minimum atomic E-state index is -4.23. The van der Waals surface area contributed by atoms with Gasteiger partial charge in [0, 0.05) is 37.2 Å². The number of nitrogens with zero attached hydrogens (tertiary/aromatic N) is 2. The molecule has 8 heteroatoms. The van der Waals surface area contributed by atoms with Gasteiger partial charge in [0.2, 0.25) is 5.52 Å². The number of hydrogen-bond donors (Lipinski definition) is 0. The first-order valence-corrected chi connectivity index (χ1v) is 12.0. The molecule has 2 aromatic carbocycles. The highest BCUT2D eigenvalue weighted by Gasteiger charge is 2.13. The van der Waals surface area contributed by atoms with Crippen LogP contribution in [0.3, 0.4) is 0 Å². The lowest BCUT2D eigenvalue weighted by Gasteiger charge is -2.19. The van der Waals surface area contributed by atoms with Gasteiger partial charge in [-0.05, 0) is 40.6 Å². The molecule has 0 radical (unpaired) electrons. The SMILES string of the molecule is CN(CCSS(=O)(=O)[O-])c1ccc(/C=C/c2sc3ccccc3[n+]2C)cc1. The molecule has 0 aliphatic rings. The molecule has 0 spiro atoms. The van der Waals surface area contributed by atoms with Crippen LogP contribution in [0.2, 0.25) is 0 Å². The third-order valence-electron chi connectivity index (χ3n) is 4.18. The molecule has 0 unspecified atom stereocenters. The lowest BCUT2D eigenvalue weighted by molar-refractivity contribution is -0.642. The molecule has 1 aromatic heterocycles. The molecule has 0 saturated heterocycles. The molecule has 142 valence electrons. The number of para-hydroxylation sites is 1. The molecule has 3 rings (SSSR count). The van der Waals surface area contributed by atoms with Crippen LogP contribution in [-0.2, 0) is 16.2 Å². The van der Waals surface area contributed by atoms with Gasteiger partial charge in [0.15, 0.2) is 0 Å². The van der Waals surface area contributed by atoms with E-state index in [-0.39, 0.29) is 5.75 Å². The summed E-state index contributed by atoms with van der Waals surface area (Å²) in [7, 11) is 0.146. The predicted molar refractivity (Wildman–Crippen MR) is 114 cm³/mol. The monoisotopic (exact) mass is 420 g/mol. The largest absolute Gasteiger partial charge is 0.739 e. The summed E-state index contributed by atoms with van der Waals surface area (Å²) >= 11 is 1.75. The van der Waals surface area contributed by atoms with Crippen LogP contribution in [0.5, 0.6) is 0 Å². The first-order valence-electron chi connectivity index (χ1n) is 8.30. The molecule has 3 aromatic rings. The van der Waals surface area contributed by atoms with Crippen molar-refractivity contribution in [3.63, 3.8) is 0 Å². The summed E-state index contributed by atoms with van der Waals surface area (Å²) in [5.74, 6) is 0.242. The van der Waals surface area contributed by atoms with Crippen molar-refractivity contribution >= 4 is 59.3 Å². The molecule has 0 N–H and O–H groups in total. The minimum absolute atomic E-state index is 0.242. The van der Waals surface area contributed by atoms with Gasteiger partial charge in [-0.2, -0.15) is 4.57 Å². The van der Waals surface area contributed by atoms with Gasteiger partial charge in [0.25, 0.3) is 5.01 Å². The highest BCUT2D eigenvalue weighted by molar-refractivity contribution is 8.69. The highest BCUT2D eigenvalue weighted by atomic mass is 33.1. The summed E-state index contributed by atoms with van der Waals surface area (Å²) in [6, 6.07) is 16.3. The molecule has 1 heterocycles. The van der Waals surface area contributed by atoms with Crippen LogP contribution in [0.25, 0.3) is 22.4 Å². The van der Waals surface area contributed by atoms with Gasteiger partial charge in [-0.3, -0.25) is 0 Å². The number of benzene rings is 2. The Hall–Kier alpha value is -1.87. The van der Waals surface area contributed by atoms with Crippen molar-refractivity contribution in [3.05, 3.63) is 59.1 Å². The number of aromatic nitrogens is 1. The van der Waals surface area contributed by atoms with E-state index in [2.05, 4.69) is 35.9 Å². The second-order valence-electron chi connectivity index (χ2n) is 6.04. The van der Waals surface area contributed by atoms with Crippen LogP contribution in [0.4, 0.5) is 5.69 Å². The lowest BCUT2D eigenvalue weighted by Crippen LogP contribution is -2.28. The molecular formula is C19H20N2O3S3. The van der Waals surface area contributed by atoms with E-state index in [1.54, 1.807) is 11.3 Å². The van der Waals surface area contributed by atoms with Crippen molar-refractivity contribution in [1.29, 1.82) is 0 Å². The third-order valence-corrected chi connectivity index (χ3v) is 7.37. The number of hydrogen-bond acceptors (Lipinski definition) is 6. The molecule has 0 saturated carbocycles. The Labute approximate surface area is 167 Å². The number of thiazole rings is 1. The molecule has 0 aliphatic carbocycles. The van der Waals surface area contributed by atoms with Crippen molar-refractivity contribution in [2.45, 2.75) is 0 Å². The van der Waals surface area contributed by atoms with E-state index in [0.29, 0.717) is 17.3 Å². The van der Waals surface area contributed by atoms with Crippen LogP contribution in [0.1, 0.15) is 10.6 Å². The Morgan fingerprint density at radius 1 is 1.15 bits per heavy atom. The number of fused-ring (bicyclic) bond motifs is 1. The quantitative estimate of drug-likeness (QED) is 0.332. The van der Waals surface area contributed by atoms with Crippen molar-refractivity contribution in [2.24, 2.45) is 7.05 Å². The maximum atomic E-state index is 10.6. The standard InChI is InChI=1S/C19H20N2O3S3/c1-20(13-14-25-27(22,23)24)16-10-7-15(8-11-16)9-12-19-21(2)17-5-3-4-6-18(17)26-19/h3-12H,13-14H2,1-2H3. The molecule has 0 fully saturated rings. The van der Waals surface area contributed by atoms with Gasteiger partial charge < -0.3 is 9.45 Å². The summed E-state index contributed by atoms with van der Waals surface area (Å²) in [4.78, 5) is 1.93. The Morgan fingerprint density at radius 3 is 2.52 bits per heavy atom. The summed E-state index contributed by atoms with van der Waals surface area (Å²) in [5.41, 5.74) is 3.28. The summed E-state index contributed by atoms with van der Waals surface area (Å²) < 4.78 is 35.4. The fourth-order valence-corrected chi connectivity index (χ4v) is 5.12. The van der Waals surface area contributed by atoms with Crippen LogP contribution in [-0.4, -0.2) is 32.3 Å². The molecule has 0 bridgehead atoms. The fraction of sp³-hybridized carbons (Fsp3) is 0.211. The van der Waals surface area contributed by atoms with Gasteiger partial charge in [-0.15, -0.1) is 0 Å². The maximum absolute atomic E-state index is 10.6. The van der Waals surface area contributed by atoms with E-state index in [1.807, 2.05) is 48.3 Å². The van der Waals surface area contributed by atoms with E-state index >= 15 is 0 Å². The topological polar surface area (TPSA) is 64.3 Å². The van der Waals surface area contributed by atoms with Gasteiger partial charge >= 0.3 is 0 Å². The first kappa shape index (κ1) is 19.9. The van der Waals surface area contributed by atoms with Crippen molar-refractivity contribution in [2.75, 3.05) is 24.2 Å². The van der Waals surface area contributed by atoms with Gasteiger partial charge in [0.05, 0.1) is 0 Å². The van der Waals surface area contributed by atoms with Crippen LogP contribution >= 0.6 is 22.1 Å². The van der Waals surface area contributed by atoms with Gasteiger partial charge in [0.1, 0.15) is 20.9 Å². The van der Waals surface area contributed by atoms with E-state index in [9.17, 15) is 13.0 Å². The van der Waals surface area contributed by atoms with E-state index in [1.165, 1.54) is 15.2 Å². The first-order chi connectivity index (χ1) is 12.8. The summed E-state index contributed by atoms with van der Waals surface area (Å²) in [6.45, 7) is 0.485. The highest BCUT2D eigenvalue weighted by Crippen LogP contribution is 2.22. The van der Waals surface area contributed by atoms with Crippen LogP contribution in [0.15, 0.2) is 48.5 Å². The number of anilines is 1. The average Bonchev–Trinajstić information content (AvgIpc) is 2.95. The molecule has 27 heavy (non-hydrogen) atoms. The summed E-state index contributed by atoms with van der Waals surface area (Å²) in [6.07, 6.45) is 4.19. The average molecular weight is 421 g/mol. The Kier molecular flexibility index (Phi) is 6.21. The van der Waals surface area contributed by atoms with Crippen molar-refractivity contribution in [1.82, 2.24) is 0 Å². The van der Waals surface area contributed by atoms with Crippen LogP contribution < -0.4 is 9.47 Å². The minimum Gasteiger partial charge on any atom is -0.739 e. The second kappa shape index (κ2) is 8.43. The molecule has 5 nitrogen and oxygen atoms in total. The van der Waals surface area contributed by atoms with E-state index in [4.69, 9.17) is 0 Å². The number of aryl methyl sites for hydroxylation is 1. The molecule has 0 aliphatic heterocycles. The lowest BCUT2D eigenvalue weighted by atomic mass is 10.2. The maximum Gasteiger partial charge on any atom is 0.262 e. The zero-order valence-corrected chi connectivity index (χ0v) is 17.5. The smallest absolute Gasteiger partial charge is 0.262 e. The molecule has 0 atom stereocenters. The second-order valence-corrected chi connectivity index (χ2v) is 10.5. The number of rotatable bonds is 7. The van der Waals surface area contributed by atoms with Gasteiger partial charge in [-0.1, -0.05) is 35.6 Å². The van der Waals surface area contributed by atoms with Crippen molar-refractivity contribution in [3.8, 4) is 0 Å². The zero-order chi connectivity index (χ0) is 19.4. The Balaban J connectivity index is 1.66. The van der Waals surface area contributed by atoms with Crippen LogP contribution in [0, 0.1) is 0 Å². The van der Waals surface area contributed by atoms with E-state index in [0.717, 1.165) is 11.3 Å². The summed E-state index contributed by atoms with van der Waals surface area (Å²) in [5, 5.41) is 1.17. The Bertz CT molecular complexity index is 1060. The normalized spacial score (nSPS) is 12.1. The molecular weight excluding hydrogens is 400 g/mol. The fourth-order valence-electron chi connectivity index (χ4n) is 2.68. The predicted octanol–water partition coefficient (Wildman–Crippen LogP) is 3.53. The van der Waals surface area contributed by atoms with Crippen molar-refractivity contribution < 1.29 is 17.5 Å². The Morgan fingerprint density at radius 2 is 1.85 bits per heavy atom. The third kappa shape index (κ3) is 5.32. The van der Waals surface area contributed by atoms with Gasteiger partial charge in [-0.25, -0.2) is 8.42 Å². The zero-order valence-electron chi connectivity index (χ0n) is 15.0. The molecule has 0 amide bonds.